The molecule has 0 saturated carbocycles. The molecule has 1 saturated heterocycles. The zero-order chi connectivity index (χ0) is 44.2. The van der Waals surface area contributed by atoms with Gasteiger partial charge in [-0.2, -0.15) is 0 Å². The van der Waals surface area contributed by atoms with E-state index >= 15 is 0 Å². The molecule has 0 spiro atoms. The van der Waals surface area contributed by atoms with E-state index in [0.29, 0.717) is 34.6 Å². The van der Waals surface area contributed by atoms with Crippen LogP contribution in [0.1, 0.15) is 88.1 Å². The summed E-state index contributed by atoms with van der Waals surface area (Å²) in [5.74, 6) is -0.882. The van der Waals surface area contributed by atoms with Crippen molar-refractivity contribution in [1.29, 1.82) is 0 Å². The molecule has 0 N–H and O–H groups in total. The number of rotatable bonds is 20. The Morgan fingerprint density at radius 1 is 0.869 bits per heavy atom. The van der Waals surface area contributed by atoms with Crippen LogP contribution in [0.25, 0.3) is 6.08 Å². The Bertz CT molecular complexity index is 2070. The van der Waals surface area contributed by atoms with Crippen LogP contribution in [0.2, 0.25) is 5.04 Å². The average Bonchev–Trinajstić information content (AvgIpc) is 3.55. The number of ether oxygens (including phenoxy) is 6. The first kappa shape index (κ1) is 47.0. The number of carbonyl (C=O) groups is 2. The van der Waals surface area contributed by atoms with E-state index in [1.54, 1.807) is 42.5 Å². The van der Waals surface area contributed by atoms with Crippen LogP contribution >= 0.6 is 0 Å². The van der Waals surface area contributed by atoms with Crippen molar-refractivity contribution in [2.45, 2.75) is 97.1 Å². The monoisotopic (exact) mass is 846 g/mol. The molecule has 4 aromatic carbocycles. The summed E-state index contributed by atoms with van der Waals surface area (Å²) in [7, 11) is -1.34. The molecule has 5 rings (SSSR count). The van der Waals surface area contributed by atoms with Gasteiger partial charge in [0, 0.05) is 19.3 Å². The number of hydrogen-bond acceptors (Lipinski definition) is 9. The third-order valence-electron chi connectivity index (χ3n) is 10.7. The lowest BCUT2D eigenvalue weighted by Crippen LogP contribution is -2.67. The van der Waals surface area contributed by atoms with Gasteiger partial charge in [-0.05, 0) is 85.3 Å². The number of Topliss-reactive ketones (excluding diaryl/α,β-unsaturated/α-hetero) is 1. The lowest BCUT2D eigenvalue weighted by molar-refractivity contribution is -0.152. The second-order valence-corrected chi connectivity index (χ2v) is 21.1. The lowest BCUT2D eigenvalue weighted by Gasteiger charge is -2.45. The van der Waals surface area contributed by atoms with Gasteiger partial charge in [0.25, 0.3) is 8.32 Å². The Kier molecular flexibility index (Phi) is 16.3. The average molecular weight is 847 g/mol. The predicted molar refractivity (Wildman–Crippen MR) is 244 cm³/mol. The fraction of sp³-hybridized carbons (Fsp3) is 0.373. The molecule has 0 aliphatic carbocycles. The molecule has 10 heteroatoms. The van der Waals surface area contributed by atoms with Gasteiger partial charge in [0.05, 0.1) is 17.2 Å². The molecule has 9 nitrogen and oxygen atoms in total. The molecule has 0 aromatic heterocycles. The zero-order valence-electron chi connectivity index (χ0n) is 37.1. The Balaban J connectivity index is 1.48. The molecule has 1 heterocycles. The minimum atomic E-state index is -2.85. The van der Waals surface area contributed by atoms with Crippen LogP contribution < -0.4 is 19.8 Å². The third-order valence-corrected chi connectivity index (χ3v) is 15.9. The van der Waals surface area contributed by atoms with Crippen LogP contribution in [0.4, 0.5) is 0 Å². The fourth-order valence-electron chi connectivity index (χ4n) is 7.75. The van der Waals surface area contributed by atoms with E-state index in [1.807, 2.05) is 50.3 Å². The standard InChI is InChI=1S/C51H62O9Si/c1-11-32-55-41-33-40(47(37(3)52)46(34-41)56-35-54-10)24-21-29-45-48(59-51(8,9)58-45)44(57-49(53)39-22-15-12-16-23-39)31-30-36(2)38(4)60-61(50(5,6)7,42-25-17-13-18-26-42)43-27-19-14-20-28-43/h11-28,30-31,33-34,36,38,44-45,48H,1,29,32,35H2,2-10H3/b24-21+,31-30-/t36-,38?,44?,45+,48?/m1/s1. The maximum atomic E-state index is 13.7. The summed E-state index contributed by atoms with van der Waals surface area (Å²) in [4.78, 5) is 26.7. The van der Waals surface area contributed by atoms with Crippen molar-refractivity contribution in [3.63, 3.8) is 0 Å². The number of benzene rings is 4. The van der Waals surface area contributed by atoms with Crippen molar-refractivity contribution in [1.82, 2.24) is 0 Å². The van der Waals surface area contributed by atoms with Crippen molar-refractivity contribution >= 4 is 36.5 Å². The van der Waals surface area contributed by atoms with Gasteiger partial charge in [-0.15, -0.1) is 0 Å². The predicted octanol–water partition coefficient (Wildman–Crippen LogP) is 9.74. The summed E-state index contributed by atoms with van der Waals surface area (Å²) < 4.78 is 43.6. The molecule has 0 amide bonds. The second kappa shape index (κ2) is 21.1. The molecule has 1 aliphatic rings. The fourth-order valence-corrected chi connectivity index (χ4v) is 12.5. The zero-order valence-corrected chi connectivity index (χ0v) is 38.1. The molecule has 0 radical (unpaired) electrons. The van der Waals surface area contributed by atoms with E-state index in [1.165, 1.54) is 24.4 Å². The Labute approximate surface area is 363 Å². The van der Waals surface area contributed by atoms with Crippen molar-refractivity contribution in [2.24, 2.45) is 5.92 Å². The van der Waals surface area contributed by atoms with Gasteiger partial charge in [0.2, 0.25) is 0 Å². The largest absolute Gasteiger partial charge is 0.489 e. The van der Waals surface area contributed by atoms with Gasteiger partial charge in [0.1, 0.15) is 30.3 Å². The van der Waals surface area contributed by atoms with Crippen molar-refractivity contribution in [2.75, 3.05) is 20.5 Å². The van der Waals surface area contributed by atoms with Crippen molar-refractivity contribution < 1.29 is 42.4 Å². The van der Waals surface area contributed by atoms with E-state index in [9.17, 15) is 9.59 Å². The van der Waals surface area contributed by atoms with Crippen LogP contribution in [0.3, 0.4) is 0 Å². The molecule has 3 unspecified atom stereocenters. The topological polar surface area (TPSA) is 98.8 Å². The van der Waals surface area contributed by atoms with E-state index < -0.39 is 38.4 Å². The summed E-state index contributed by atoms with van der Waals surface area (Å²) in [5.41, 5.74) is 1.42. The third kappa shape index (κ3) is 11.8. The lowest BCUT2D eigenvalue weighted by atomic mass is 9.99. The van der Waals surface area contributed by atoms with Gasteiger partial charge < -0.3 is 32.8 Å². The first-order chi connectivity index (χ1) is 29.1. The summed E-state index contributed by atoms with van der Waals surface area (Å²) in [6.07, 6.45) is 7.49. The SMILES string of the molecule is C=CCOc1cc(/C=C/C[C@@H]2OC(C)(C)OC2C(/C=C\[C@@H](C)C(C)O[Si](c2ccccc2)(c2ccccc2)C(C)(C)C)OC(=O)c2ccccc2)c(C(C)=O)c(OCOC)c1. The van der Waals surface area contributed by atoms with E-state index in [-0.39, 0.29) is 36.2 Å². The first-order valence-corrected chi connectivity index (χ1v) is 22.8. The maximum Gasteiger partial charge on any atom is 0.338 e. The highest BCUT2D eigenvalue weighted by atomic mass is 28.4. The van der Waals surface area contributed by atoms with Crippen LogP contribution in [0.15, 0.2) is 134 Å². The Morgan fingerprint density at radius 3 is 2.03 bits per heavy atom. The number of esters is 1. The molecular formula is C51H62O9Si. The van der Waals surface area contributed by atoms with E-state index in [2.05, 4.69) is 95.8 Å². The van der Waals surface area contributed by atoms with Crippen LogP contribution in [0.5, 0.6) is 11.5 Å². The minimum Gasteiger partial charge on any atom is -0.489 e. The van der Waals surface area contributed by atoms with Crippen molar-refractivity contribution in [3.05, 3.63) is 151 Å². The molecule has 5 atom stereocenters. The van der Waals surface area contributed by atoms with Gasteiger partial charge in [0.15, 0.2) is 18.4 Å². The van der Waals surface area contributed by atoms with Gasteiger partial charge in [-0.25, -0.2) is 4.79 Å². The molecule has 61 heavy (non-hydrogen) atoms. The highest BCUT2D eigenvalue weighted by Crippen LogP contribution is 2.39. The van der Waals surface area contributed by atoms with Crippen molar-refractivity contribution in [3.8, 4) is 11.5 Å². The van der Waals surface area contributed by atoms with Gasteiger partial charge >= 0.3 is 5.97 Å². The van der Waals surface area contributed by atoms with Gasteiger partial charge in [-0.3, -0.25) is 4.79 Å². The minimum absolute atomic E-state index is 0.0437. The molecule has 1 aliphatic heterocycles. The number of carbonyl (C=O) groups excluding carboxylic acids is 2. The van der Waals surface area contributed by atoms with Crippen LogP contribution in [0, 0.1) is 5.92 Å². The Morgan fingerprint density at radius 2 is 1.48 bits per heavy atom. The highest BCUT2D eigenvalue weighted by Gasteiger charge is 2.51. The van der Waals surface area contributed by atoms with Crippen LogP contribution in [-0.2, 0) is 23.4 Å². The smallest absolute Gasteiger partial charge is 0.338 e. The second-order valence-electron chi connectivity index (χ2n) is 16.8. The quantitative estimate of drug-likeness (QED) is 0.0283. The molecule has 0 bridgehead atoms. The maximum absolute atomic E-state index is 13.7. The molecule has 1 fully saturated rings. The summed E-state index contributed by atoms with van der Waals surface area (Å²) in [6.45, 7) is 20.2. The van der Waals surface area contributed by atoms with Crippen LogP contribution in [-0.4, -0.2) is 70.8 Å². The van der Waals surface area contributed by atoms with Gasteiger partial charge in [-0.1, -0.05) is 137 Å². The number of methoxy groups -OCH3 is 1. The molecule has 324 valence electrons. The number of ketones is 1. The van der Waals surface area contributed by atoms with E-state index in [4.69, 9.17) is 32.8 Å². The normalized spacial score (nSPS) is 18.1. The first-order valence-electron chi connectivity index (χ1n) is 20.9. The number of hydrogen-bond donors (Lipinski definition) is 0. The highest BCUT2D eigenvalue weighted by molar-refractivity contribution is 6.99. The summed E-state index contributed by atoms with van der Waals surface area (Å²) in [5, 5.41) is 2.20. The summed E-state index contributed by atoms with van der Waals surface area (Å²) in [6, 6.07) is 33.5. The molecular weight excluding hydrogens is 785 g/mol. The Hall–Kier alpha value is -5.10. The molecule has 4 aromatic rings. The van der Waals surface area contributed by atoms with E-state index in [0.717, 1.165) is 0 Å². The summed E-state index contributed by atoms with van der Waals surface area (Å²) >= 11 is 0.